The molecule has 0 aromatic heterocycles. The average molecular weight is 563 g/mol. The number of piperazine rings is 1. The Morgan fingerprint density at radius 3 is 2.55 bits per heavy atom. The lowest BCUT2D eigenvalue weighted by atomic mass is 10.0. The average Bonchev–Trinajstić information content (AvgIpc) is 2.91. The van der Waals surface area contributed by atoms with Crippen LogP contribution in [0.2, 0.25) is 0 Å². The van der Waals surface area contributed by atoms with E-state index in [9.17, 15) is 23.6 Å². The molecule has 2 N–H and O–H groups in total. The molecule has 2 aliphatic rings. The summed E-state index contributed by atoms with van der Waals surface area (Å²) in [6.07, 6.45) is 2.83. The summed E-state index contributed by atoms with van der Waals surface area (Å²) in [6, 6.07) is 5.81. The van der Waals surface area contributed by atoms with Gasteiger partial charge in [-0.1, -0.05) is 38.6 Å². The van der Waals surface area contributed by atoms with Crippen molar-refractivity contribution in [2.45, 2.75) is 51.9 Å². The largest absolute Gasteiger partial charge is 0.445 e. The summed E-state index contributed by atoms with van der Waals surface area (Å²) in [5.41, 5.74) is 1.10. The van der Waals surface area contributed by atoms with E-state index in [4.69, 9.17) is 4.74 Å². The van der Waals surface area contributed by atoms with Crippen LogP contribution in [0.1, 0.15) is 38.7 Å². The van der Waals surface area contributed by atoms with E-state index < -0.39 is 18.3 Å². The maximum Gasteiger partial charge on any atom is 0.407 e. The molecule has 1 aromatic rings. The van der Waals surface area contributed by atoms with Gasteiger partial charge in [-0.3, -0.25) is 19.4 Å². The predicted molar refractivity (Wildman–Crippen MR) is 149 cm³/mol. The maximum atomic E-state index is 13.2. The number of amides is 4. The Balaban J connectivity index is 0.000000469. The van der Waals surface area contributed by atoms with Gasteiger partial charge in [-0.15, -0.1) is 0 Å². The number of benzene rings is 1. The van der Waals surface area contributed by atoms with E-state index in [2.05, 4.69) is 31.1 Å². The van der Waals surface area contributed by atoms with Crippen LogP contribution in [0.5, 0.6) is 0 Å². The van der Waals surface area contributed by atoms with E-state index >= 15 is 0 Å². The summed E-state index contributed by atoms with van der Waals surface area (Å²) in [4.78, 5) is 52.5. The lowest BCUT2D eigenvalue weighted by molar-refractivity contribution is -0.196. The molecule has 0 radical (unpaired) electrons. The van der Waals surface area contributed by atoms with Crippen LogP contribution >= 0.6 is 0 Å². The Hall–Kier alpha value is -3.51. The molecule has 0 bridgehead atoms. The van der Waals surface area contributed by atoms with Crippen LogP contribution in [0.3, 0.4) is 0 Å². The second-order valence-corrected chi connectivity index (χ2v) is 10.2. The molecule has 0 saturated carbocycles. The van der Waals surface area contributed by atoms with Crippen LogP contribution in [0, 0.1) is 11.7 Å². The van der Waals surface area contributed by atoms with Crippen LogP contribution in [-0.2, 0) is 25.7 Å². The molecule has 12 heteroatoms. The Morgan fingerprint density at radius 1 is 1.25 bits per heavy atom. The number of hydrogen-bond donors (Lipinski definition) is 2. The number of hydrazine groups is 1. The van der Waals surface area contributed by atoms with Crippen LogP contribution in [-0.4, -0.2) is 103 Å². The number of halogens is 1. The molecular formula is C28H43FN6O5. The monoisotopic (exact) mass is 562 g/mol. The van der Waals surface area contributed by atoms with Gasteiger partial charge < -0.3 is 25.2 Å². The highest BCUT2D eigenvalue weighted by Gasteiger charge is 2.48. The van der Waals surface area contributed by atoms with Crippen molar-refractivity contribution in [3.05, 3.63) is 48.3 Å². The summed E-state index contributed by atoms with van der Waals surface area (Å²) in [7, 11) is 3.55. The van der Waals surface area contributed by atoms with E-state index in [1.54, 1.807) is 34.0 Å². The highest BCUT2D eigenvalue weighted by Crippen LogP contribution is 2.27. The Morgan fingerprint density at radius 2 is 1.95 bits per heavy atom. The molecule has 40 heavy (non-hydrogen) atoms. The molecule has 4 amide bonds. The zero-order chi connectivity index (χ0) is 29.7. The summed E-state index contributed by atoms with van der Waals surface area (Å²) < 4.78 is 17.2. The van der Waals surface area contributed by atoms with Gasteiger partial charge in [0.15, 0.2) is 0 Å². The number of carbonyl (C=O) groups is 4. The van der Waals surface area contributed by atoms with Crippen molar-refractivity contribution >= 4 is 24.3 Å². The standard InChI is InChI=1S/C20H33N5O5.C8H10FN/c1-5-11-30-20(29)21-9-6-7-16-19(28)23(10-8-15(2)3)12-17-24(14-26)22(4)13-18(27)25(16)17;1-10-6-7-2-4-8(9)5-3-7/h5,14-17H,1,6-13H2,2-4H3,(H,21,29);2-5,10H,6H2,1H3/t16-,17?;/m0./s1. The zero-order valence-corrected chi connectivity index (χ0v) is 24.0. The van der Waals surface area contributed by atoms with E-state index in [0.717, 1.165) is 18.5 Å². The summed E-state index contributed by atoms with van der Waals surface area (Å²) in [5, 5.41) is 8.67. The molecule has 0 spiro atoms. The van der Waals surface area contributed by atoms with E-state index in [-0.39, 0.29) is 30.8 Å². The number of hydrogen-bond acceptors (Lipinski definition) is 7. The molecule has 2 saturated heterocycles. The summed E-state index contributed by atoms with van der Waals surface area (Å²) in [6.45, 7) is 9.80. The third-order valence-electron chi connectivity index (χ3n) is 6.62. The van der Waals surface area contributed by atoms with E-state index in [1.807, 2.05) is 7.05 Å². The molecule has 0 aliphatic carbocycles. The van der Waals surface area contributed by atoms with Crippen LogP contribution in [0.25, 0.3) is 0 Å². The minimum Gasteiger partial charge on any atom is -0.445 e. The first-order valence-electron chi connectivity index (χ1n) is 13.6. The first kappa shape index (κ1) is 32.7. The Bertz CT molecular complexity index is 992. The number of nitrogens with one attached hydrogen (secondary N) is 2. The first-order chi connectivity index (χ1) is 19.1. The van der Waals surface area contributed by atoms with Gasteiger partial charge in [0.1, 0.15) is 24.6 Å². The highest BCUT2D eigenvalue weighted by molar-refractivity contribution is 5.90. The van der Waals surface area contributed by atoms with Gasteiger partial charge in [0.2, 0.25) is 18.2 Å². The van der Waals surface area contributed by atoms with Crippen molar-refractivity contribution < 1.29 is 28.3 Å². The lowest BCUT2D eigenvalue weighted by Gasteiger charge is -2.53. The van der Waals surface area contributed by atoms with Gasteiger partial charge in [0.25, 0.3) is 0 Å². The molecule has 2 heterocycles. The minimum atomic E-state index is -0.662. The number of nitrogens with zero attached hydrogens (tertiary/aromatic N) is 4. The number of likely N-dealkylation sites (N-methyl/N-ethyl adjacent to an activating group) is 1. The number of alkyl carbamates (subject to hydrolysis) is 1. The topological polar surface area (TPSA) is 115 Å². The highest BCUT2D eigenvalue weighted by atomic mass is 19.1. The fourth-order valence-electron chi connectivity index (χ4n) is 4.56. The fourth-order valence-corrected chi connectivity index (χ4v) is 4.56. The Labute approximate surface area is 236 Å². The SMILES string of the molecule is C=CCOC(=O)NCCC[C@H]1C(=O)N(CCC(C)C)CC2N1C(=O)CN(C)N2C=O.CNCc1ccc(F)cc1. The molecular weight excluding hydrogens is 519 g/mol. The molecule has 2 aliphatic heterocycles. The predicted octanol–water partition coefficient (Wildman–Crippen LogP) is 1.95. The van der Waals surface area contributed by atoms with Gasteiger partial charge in [-0.2, -0.15) is 0 Å². The molecule has 2 fully saturated rings. The fraction of sp³-hybridized carbons (Fsp3) is 0.571. The number of ether oxygens (including phenoxy) is 1. The third kappa shape index (κ3) is 9.60. The zero-order valence-electron chi connectivity index (χ0n) is 24.0. The van der Waals surface area contributed by atoms with E-state index in [1.165, 1.54) is 23.2 Å². The number of rotatable bonds is 12. The molecule has 222 valence electrons. The second kappa shape index (κ2) is 16.6. The maximum absolute atomic E-state index is 13.2. The molecule has 3 rings (SSSR count). The molecule has 1 unspecified atom stereocenters. The molecule has 2 atom stereocenters. The van der Waals surface area contributed by atoms with Crippen molar-refractivity contribution in [1.82, 2.24) is 30.5 Å². The van der Waals surface area contributed by atoms with Crippen molar-refractivity contribution in [1.29, 1.82) is 0 Å². The van der Waals surface area contributed by atoms with Crippen LogP contribution in [0.15, 0.2) is 36.9 Å². The normalized spacial score (nSPS) is 19.1. The Kier molecular flexibility index (Phi) is 13.5. The van der Waals surface area contributed by atoms with Crippen LogP contribution < -0.4 is 10.6 Å². The molecule has 1 aromatic carbocycles. The number of fused-ring (bicyclic) bond motifs is 1. The van der Waals surface area contributed by atoms with Crippen molar-refractivity contribution in [2.24, 2.45) is 5.92 Å². The van der Waals surface area contributed by atoms with Crippen molar-refractivity contribution in [2.75, 3.05) is 46.9 Å². The summed E-state index contributed by atoms with van der Waals surface area (Å²) in [5.74, 6) is -0.0385. The van der Waals surface area contributed by atoms with Gasteiger partial charge in [0, 0.05) is 26.7 Å². The minimum absolute atomic E-state index is 0.0388. The van der Waals surface area contributed by atoms with Crippen LogP contribution in [0.4, 0.5) is 9.18 Å². The molecule has 11 nitrogen and oxygen atoms in total. The summed E-state index contributed by atoms with van der Waals surface area (Å²) >= 11 is 0. The smallest absolute Gasteiger partial charge is 0.407 e. The third-order valence-corrected chi connectivity index (χ3v) is 6.62. The van der Waals surface area contributed by atoms with E-state index in [0.29, 0.717) is 44.8 Å². The lowest BCUT2D eigenvalue weighted by Crippen LogP contribution is -2.74. The van der Waals surface area contributed by atoms with Gasteiger partial charge in [-0.05, 0) is 49.9 Å². The second-order valence-electron chi connectivity index (χ2n) is 10.2. The first-order valence-corrected chi connectivity index (χ1v) is 13.6. The van der Waals surface area contributed by atoms with Gasteiger partial charge in [0.05, 0.1) is 13.1 Å². The van der Waals surface area contributed by atoms with Crippen molar-refractivity contribution in [3.63, 3.8) is 0 Å². The number of carbonyl (C=O) groups excluding carboxylic acids is 4. The quantitative estimate of drug-likeness (QED) is 0.227. The van der Waals surface area contributed by atoms with Crippen molar-refractivity contribution in [3.8, 4) is 0 Å². The van der Waals surface area contributed by atoms with Gasteiger partial charge >= 0.3 is 6.09 Å². The van der Waals surface area contributed by atoms with Gasteiger partial charge in [-0.25, -0.2) is 14.2 Å².